The molecule has 16 nitrogen and oxygen atoms in total. The van der Waals surface area contributed by atoms with E-state index < -0.39 is 35.9 Å². The topological polar surface area (TPSA) is 227 Å². The van der Waals surface area contributed by atoms with Crippen molar-refractivity contribution in [2.75, 3.05) is 46.8 Å². The van der Waals surface area contributed by atoms with Gasteiger partial charge in [-0.15, -0.1) is 0 Å². The number of aliphatic hydroxyl groups excluding tert-OH is 1. The SMILES string of the molecule is CCC(Cc1ccccc1)C(=O)OCCCCOC(=O)C(Cc1ccccc1)NC(=O)CCCCCCCCC(=O)CC(Cc1ccccc1)C(=O)OCCCCOC(=O)C(Cc1ccccc1)NC(=O)CCCCCO.COCCCCCC(C)=O. The second-order valence-corrected chi connectivity index (χ2v) is 22.3. The first kappa shape index (κ1) is 74.2. The summed E-state index contributed by atoms with van der Waals surface area (Å²) in [6, 6.07) is 36.6. The maximum absolute atomic E-state index is 13.4. The number of unbranched alkanes of at least 4 members (excludes halogenated alkanes) is 11. The van der Waals surface area contributed by atoms with Crippen molar-refractivity contribution in [2.45, 2.75) is 193 Å². The van der Waals surface area contributed by atoms with Crippen molar-refractivity contribution in [3.8, 4) is 0 Å². The van der Waals surface area contributed by atoms with Crippen LogP contribution in [-0.4, -0.2) is 111 Å². The molecule has 4 unspecified atom stereocenters. The fraction of sp³-hybridized carbons (Fsp3) is 0.549. The monoisotopic (exact) mass is 1200 g/mol. The molecule has 4 aromatic rings. The molecule has 0 saturated carbocycles. The van der Waals surface area contributed by atoms with Crippen LogP contribution in [-0.2, 0) is 87.7 Å². The lowest BCUT2D eigenvalue weighted by Crippen LogP contribution is -2.43. The Hall–Kier alpha value is -7.04. The molecule has 0 aliphatic rings. The van der Waals surface area contributed by atoms with E-state index in [9.17, 15) is 38.4 Å². The van der Waals surface area contributed by atoms with Crippen LogP contribution in [0.15, 0.2) is 121 Å². The number of nitrogens with one attached hydrogen (secondary N) is 2. The number of rotatable bonds is 47. The molecule has 0 bridgehead atoms. The van der Waals surface area contributed by atoms with Crippen LogP contribution in [0.25, 0.3) is 0 Å². The number of hydrogen-bond acceptors (Lipinski definition) is 14. The smallest absolute Gasteiger partial charge is 0.328 e. The number of benzene rings is 4. The van der Waals surface area contributed by atoms with Gasteiger partial charge >= 0.3 is 23.9 Å². The van der Waals surface area contributed by atoms with E-state index in [1.54, 1.807) is 14.0 Å². The van der Waals surface area contributed by atoms with Crippen LogP contribution in [0.1, 0.15) is 177 Å². The van der Waals surface area contributed by atoms with Crippen LogP contribution in [0.4, 0.5) is 0 Å². The Morgan fingerprint density at radius 3 is 1.13 bits per heavy atom. The molecule has 2 amide bonds. The van der Waals surface area contributed by atoms with E-state index in [1.165, 1.54) is 0 Å². The lowest BCUT2D eigenvalue weighted by atomic mass is 9.92. The minimum Gasteiger partial charge on any atom is -0.465 e. The maximum Gasteiger partial charge on any atom is 0.328 e. The van der Waals surface area contributed by atoms with Crippen LogP contribution in [0.2, 0.25) is 0 Å². The molecule has 0 spiro atoms. The van der Waals surface area contributed by atoms with E-state index in [4.69, 9.17) is 28.8 Å². The number of hydrogen-bond donors (Lipinski definition) is 3. The molecule has 0 saturated heterocycles. The van der Waals surface area contributed by atoms with Crippen molar-refractivity contribution in [3.05, 3.63) is 144 Å². The first-order chi connectivity index (χ1) is 42.3. The number of amides is 2. The fourth-order valence-corrected chi connectivity index (χ4v) is 9.65. The Balaban J connectivity index is 0.00000181. The molecule has 0 radical (unpaired) electrons. The number of methoxy groups -OCH3 is 1. The summed E-state index contributed by atoms with van der Waals surface area (Å²) < 4.78 is 27.2. The van der Waals surface area contributed by atoms with Gasteiger partial charge in [0.05, 0.1) is 38.3 Å². The predicted octanol–water partition coefficient (Wildman–Crippen LogP) is 11.7. The molecule has 4 rings (SSSR count). The quantitative estimate of drug-likeness (QED) is 0.0212. The van der Waals surface area contributed by atoms with Gasteiger partial charge in [-0.05, 0) is 113 Å². The van der Waals surface area contributed by atoms with Crippen molar-refractivity contribution < 1.29 is 67.1 Å². The van der Waals surface area contributed by atoms with E-state index >= 15 is 0 Å². The number of Topliss-reactive ketones (excluding diaryl/α,β-unsaturated/α-hetero) is 2. The lowest BCUT2D eigenvalue weighted by molar-refractivity contribution is -0.151. The van der Waals surface area contributed by atoms with Crippen molar-refractivity contribution in [2.24, 2.45) is 11.8 Å². The van der Waals surface area contributed by atoms with Crippen LogP contribution in [0.5, 0.6) is 0 Å². The highest BCUT2D eigenvalue weighted by molar-refractivity contribution is 5.86. The van der Waals surface area contributed by atoms with E-state index in [0.717, 1.165) is 80.2 Å². The number of esters is 4. The van der Waals surface area contributed by atoms with Crippen molar-refractivity contribution in [1.82, 2.24) is 10.6 Å². The van der Waals surface area contributed by atoms with Gasteiger partial charge in [-0.1, -0.05) is 167 Å². The molecule has 0 aliphatic carbocycles. The van der Waals surface area contributed by atoms with E-state index in [1.807, 2.05) is 128 Å². The molecular weight excluding hydrogens is 1100 g/mol. The number of aliphatic hydroxyl groups is 1. The summed E-state index contributed by atoms with van der Waals surface area (Å²) in [5.74, 6) is -2.75. The second kappa shape index (κ2) is 48.0. The third-order valence-electron chi connectivity index (χ3n) is 14.7. The van der Waals surface area contributed by atoms with Crippen LogP contribution in [0.3, 0.4) is 0 Å². The van der Waals surface area contributed by atoms with E-state index in [2.05, 4.69) is 10.6 Å². The number of ether oxygens (including phenoxy) is 5. The van der Waals surface area contributed by atoms with Gasteiger partial charge in [0.25, 0.3) is 0 Å². The Labute approximate surface area is 518 Å². The molecule has 0 fully saturated rings. The van der Waals surface area contributed by atoms with E-state index in [-0.39, 0.29) is 94.0 Å². The van der Waals surface area contributed by atoms with Gasteiger partial charge in [0.1, 0.15) is 23.7 Å². The lowest BCUT2D eigenvalue weighted by Gasteiger charge is -2.18. The summed E-state index contributed by atoms with van der Waals surface area (Å²) >= 11 is 0. The summed E-state index contributed by atoms with van der Waals surface area (Å²) in [5.41, 5.74) is 3.80. The maximum atomic E-state index is 13.4. The summed E-state index contributed by atoms with van der Waals surface area (Å²) in [7, 11) is 1.70. The van der Waals surface area contributed by atoms with Crippen molar-refractivity contribution in [3.63, 3.8) is 0 Å². The fourth-order valence-electron chi connectivity index (χ4n) is 9.65. The van der Waals surface area contributed by atoms with Crippen LogP contribution in [0, 0.1) is 11.8 Å². The molecule has 0 heterocycles. The molecule has 0 aliphatic heterocycles. The zero-order valence-corrected chi connectivity index (χ0v) is 52.2. The second-order valence-electron chi connectivity index (χ2n) is 22.3. The predicted molar refractivity (Wildman–Crippen MR) is 337 cm³/mol. The van der Waals surface area contributed by atoms with Gasteiger partial charge in [-0.3, -0.25) is 24.0 Å². The summed E-state index contributed by atoms with van der Waals surface area (Å²) in [4.78, 5) is 102. The largest absolute Gasteiger partial charge is 0.465 e. The van der Waals surface area contributed by atoms with Gasteiger partial charge in [-0.2, -0.15) is 0 Å². The number of carbonyl (C=O) groups is 8. The van der Waals surface area contributed by atoms with Crippen LogP contribution < -0.4 is 10.6 Å². The minimum atomic E-state index is -0.852. The van der Waals surface area contributed by atoms with Crippen LogP contribution >= 0.6 is 0 Å². The highest BCUT2D eigenvalue weighted by Crippen LogP contribution is 2.19. The first-order valence-corrected chi connectivity index (χ1v) is 31.8. The normalized spacial score (nSPS) is 12.2. The van der Waals surface area contributed by atoms with E-state index in [0.29, 0.717) is 89.9 Å². The molecule has 4 atom stereocenters. The Morgan fingerprint density at radius 1 is 0.391 bits per heavy atom. The minimum absolute atomic E-state index is 0.00174. The van der Waals surface area contributed by atoms with Crippen molar-refractivity contribution >= 4 is 47.3 Å². The third kappa shape index (κ3) is 36.7. The van der Waals surface area contributed by atoms with Crippen molar-refractivity contribution in [1.29, 1.82) is 0 Å². The number of carbonyl (C=O) groups excluding carboxylic acids is 8. The number of ketones is 2. The highest BCUT2D eigenvalue weighted by atomic mass is 16.5. The first-order valence-electron chi connectivity index (χ1n) is 31.8. The summed E-state index contributed by atoms with van der Waals surface area (Å²) in [6.45, 7) is 5.08. The highest BCUT2D eigenvalue weighted by Gasteiger charge is 2.26. The average molecular weight is 1210 g/mol. The molecule has 4 aromatic carbocycles. The van der Waals surface area contributed by atoms with Gasteiger partial charge in [0, 0.05) is 65.3 Å². The van der Waals surface area contributed by atoms with Gasteiger partial charge < -0.3 is 44.2 Å². The molecule has 87 heavy (non-hydrogen) atoms. The summed E-state index contributed by atoms with van der Waals surface area (Å²) in [5, 5.41) is 14.7. The zero-order valence-electron chi connectivity index (χ0n) is 52.2. The molecule has 16 heteroatoms. The third-order valence-corrected chi connectivity index (χ3v) is 14.7. The molecule has 0 aromatic heterocycles. The Morgan fingerprint density at radius 2 is 0.724 bits per heavy atom. The molecule has 3 N–H and O–H groups in total. The Bertz CT molecular complexity index is 2510. The van der Waals surface area contributed by atoms with Gasteiger partial charge in [0.15, 0.2) is 0 Å². The Kier molecular flexibility index (Phi) is 41.0. The molecule has 478 valence electrons. The average Bonchev–Trinajstić information content (AvgIpc) is 3.74. The standard InChI is InChI=1S/C63H84N2O12.C8H16O2/c1-2-53(44-49-28-12-7-13-29-49)60(70)74-40-24-26-42-76-62(72)56(46-51-32-16-9-17-33-51)64-58(68)37-21-6-4-3-5-20-36-55(67)48-54(45-50-30-14-8-15-31-50)61(71)75-41-25-27-43-77-63(73)57(47-52-34-18-10-19-35-52)65-59(69)38-22-11-23-39-66;1-8(9)6-4-3-5-7-10-2/h7-10,12-19,28-35,53-54,56-57,66H,2-6,11,20-27,36-48H2,1H3,(H,64,68)(H,65,69);3-7H2,1-2H3. The van der Waals surface area contributed by atoms with Gasteiger partial charge in [-0.25, -0.2) is 9.59 Å². The summed E-state index contributed by atoms with van der Waals surface area (Å²) in [6.07, 6.45) is 15.8. The molecular formula is C71H100N2O14. The zero-order chi connectivity index (χ0) is 63.0. The van der Waals surface area contributed by atoms with Gasteiger partial charge in [0.2, 0.25) is 11.8 Å².